The number of hydrogen-bond donors (Lipinski definition) is 2. The van der Waals surface area contributed by atoms with E-state index in [0.29, 0.717) is 40.3 Å². The van der Waals surface area contributed by atoms with Crippen LogP contribution in [0.3, 0.4) is 0 Å². The lowest BCUT2D eigenvalue weighted by molar-refractivity contribution is -0.438. The van der Waals surface area contributed by atoms with Crippen LogP contribution in [0.25, 0.3) is 29.4 Å². The van der Waals surface area contributed by atoms with Crippen molar-refractivity contribution in [3.8, 4) is 0 Å². The number of benzene rings is 4. The maximum Gasteiger partial charge on any atom is 0.678 e. The first-order chi connectivity index (χ1) is 42.2. The normalized spacial score (nSPS) is 15.6. The molecule has 1 aromatic heterocycles. The van der Waals surface area contributed by atoms with Gasteiger partial charge in [-0.15, -0.1) is 0 Å². The van der Waals surface area contributed by atoms with Crippen LogP contribution in [-0.4, -0.2) is 82.6 Å². The van der Waals surface area contributed by atoms with Crippen LogP contribution in [0.4, 0.5) is 25.7 Å². The van der Waals surface area contributed by atoms with Crippen molar-refractivity contribution in [1.29, 1.82) is 0 Å². The van der Waals surface area contributed by atoms with Crippen molar-refractivity contribution in [3.05, 3.63) is 189 Å². The molecule has 0 unspecified atom stereocenters. The summed E-state index contributed by atoms with van der Waals surface area (Å²) in [6.07, 6.45) is 34.1. The number of carboxylic acids is 1. The number of aliphatic hydroxyl groups excluding tert-OH is 1. The number of Topliss-reactive ketones (excluding diaryl/α,β-unsaturated/α-hetero) is 1. The van der Waals surface area contributed by atoms with Crippen LogP contribution in [0.1, 0.15) is 214 Å². The molecule has 8 rings (SSSR count). The number of carboxylic acid groups (broad SMARTS) is 1. The Morgan fingerprint density at radius 2 is 1.14 bits per heavy atom. The third-order valence-electron chi connectivity index (χ3n) is 17.4. The number of carbonyl (C=O) groups is 2. The molecule has 0 radical (unpaired) electrons. The molecule has 2 aliphatic heterocycles. The predicted molar refractivity (Wildman–Crippen MR) is 362 cm³/mol. The highest BCUT2D eigenvalue weighted by Crippen LogP contribution is 2.44. The molecule has 4 aromatic carbocycles. The summed E-state index contributed by atoms with van der Waals surface area (Å²) in [4.78, 5) is 36.5. The summed E-state index contributed by atoms with van der Waals surface area (Å²) in [7, 11) is -2.89. The van der Waals surface area contributed by atoms with Crippen molar-refractivity contribution in [2.24, 2.45) is 4.99 Å². The Kier molecular flexibility index (Phi) is 24.0. The maximum absolute atomic E-state index is 15.7. The Bertz CT molecular complexity index is 3400. The fraction of sp³-hybridized carbons (Fsp3) is 0.413. The molecule has 1 aliphatic carbocycles. The molecule has 0 bridgehead atoms. The van der Waals surface area contributed by atoms with E-state index in [1.807, 2.05) is 62.4 Å². The molecule has 0 atom stereocenters. The first-order valence-corrected chi connectivity index (χ1v) is 32.6. The van der Waals surface area contributed by atoms with Crippen molar-refractivity contribution in [3.63, 3.8) is 0 Å². The Morgan fingerprint density at radius 3 is 1.66 bits per heavy atom. The first-order valence-electron chi connectivity index (χ1n) is 32.6. The summed E-state index contributed by atoms with van der Waals surface area (Å²) in [6.45, 7) is 19.9. The number of aromatic carboxylic acids is 1. The first kappa shape index (κ1) is 65.4. The van der Waals surface area contributed by atoms with Gasteiger partial charge in [0, 0.05) is 78.6 Å². The lowest BCUT2D eigenvalue weighted by Crippen LogP contribution is -2.31. The molecule has 0 fully saturated rings. The van der Waals surface area contributed by atoms with E-state index < -0.39 is 18.8 Å². The van der Waals surface area contributed by atoms with E-state index in [-0.39, 0.29) is 33.9 Å². The topological polar surface area (TPSA) is 101 Å². The number of nitrogens with zero attached hydrogens (tertiary/aromatic N) is 5. The predicted octanol–water partition coefficient (Wildman–Crippen LogP) is 19.2. The maximum atomic E-state index is 15.7. The van der Waals surface area contributed by atoms with Gasteiger partial charge in [0.05, 0.1) is 33.5 Å². The van der Waals surface area contributed by atoms with Gasteiger partial charge in [0.15, 0.2) is 5.71 Å². The number of rotatable bonds is 35. The molecule has 458 valence electrons. The highest BCUT2D eigenvalue weighted by atomic mass is 19.2. The van der Waals surface area contributed by atoms with Gasteiger partial charge in [-0.2, -0.15) is 4.58 Å². The molecule has 9 nitrogen and oxygen atoms in total. The molecule has 0 spiro atoms. The van der Waals surface area contributed by atoms with Gasteiger partial charge in [0.2, 0.25) is 11.5 Å². The Morgan fingerprint density at radius 1 is 0.621 bits per heavy atom. The number of unbranched alkanes of at least 4 members (excludes halogenated alkanes) is 13. The monoisotopic (exact) mass is 1180 g/mol. The highest BCUT2D eigenvalue weighted by Gasteiger charge is 2.47. The number of hydrogen-bond acceptors (Lipinski definition) is 6. The van der Waals surface area contributed by atoms with Crippen molar-refractivity contribution in [1.82, 2.24) is 4.48 Å². The van der Waals surface area contributed by atoms with E-state index in [1.165, 1.54) is 50.6 Å². The number of aromatic nitrogens is 1. The molecule has 0 saturated carbocycles. The molecule has 0 saturated heterocycles. The number of aliphatic imine (C=N–C) groups is 1. The van der Waals surface area contributed by atoms with Gasteiger partial charge in [0.25, 0.3) is 0 Å². The average Bonchev–Trinajstić information content (AvgIpc) is 2.41. The highest BCUT2D eigenvalue weighted by molar-refractivity contribution is 6.42. The van der Waals surface area contributed by atoms with E-state index >= 15 is 8.63 Å². The number of fused-ring (bicyclic) bond motifs is 1. The summed E-state index contributed by atoms with van der Waals surface area (Å²) in [5.41, 5.74) is 10.1. The summed E-state index contributed by atoms with van der Waals surface area (Å²) in [5.74, 6) is -1.45. The molecule has 5 aromatic rings. The second-order valence-corrected chi connectivity index (χ2v) is 24.2. The third kappa shape index (κ3) is 16.3. The fourth-order valence-corrected chi connectivity index (χ4v) is 12.2. The average molecular weight is 1180 g/mol. The SMILES string of the molecule is CCCCCCCCCCCC[N+]1=C(/C=C2/C(=O)C(c3ccc(/C(=C4\C=CC(/C=C\c5ccc(N(CCCC)CCCC)cc5)=N4)c4ccc(/C=C/c5ccc(N(CCCC)CCCC)cc5)n4B(F)F)cc3)=C2O)C(C)(C)c2cc(C(=O)O)ccc21. The molecular formula is C75H93BF2N5O4+. The van der Waals surface area contributed by atoms with Crippen molar-refractivity contribution >= 4 is 77.0 Å². The van der Waals surface area contributed by atoms with Gasteiger partial charge >= 0.3 is 13.4 Å². The summed E-state index contributed by atoms with van der Waals surface area (Å²) >= 11 is 0. The van der Waals surface area contributed by atoms with Crippen LogP contribution in [0, 0.1) is 0 Å². The fourth-order valence-electron chi connectivity index (χ4n) is 12.2. The van der Waals surface area contributed by atoms with Crippen LogP contribution < -0.4 is 9.80 Å². The minimum absolute atomic E-state index is 0.127. The van der Waals surface area contributed by atoms with E-state index in [2.05, 4.69) is 85.4 Å². The largest absolute Gasteiger partial charge is 0.678 e. The van der Waals surface area contributed by atoms with Gasteiger partial charge in [-0.25, -0.2) is 9.79 Å². The second kappa shape index (κ2) is 31.9. The third-order valence-corrected chi connectivity index (χ3v) is 17.4. The Balaban J connectivity index is 1.11. The minimum atomic E-state index is -2.89. The second-order valence-electron chi connectivity index (χ2n) is 24.2. The Hall–Kier alpha value is -7.60. The van der Waals surface area contributed by atoms with Gasteiger partial charge in [-0.1, -0.05) is 172 Å². The minimum Gasteiger partial charge on any atom is -0.506 e. The smallest absolute Gasteiger partial charge is 0.506 e. The quantitative estimate of drug-likeness (QED) is 0.0181. The lowest BCUT2D eigenvalue weighted by atomic mass is 9.77. The van der Waals surface area contributed by atoms with Crippen molar-refractivity contribution < 1.29 is 33.0 Å². The standard InChI is InChI=1S/C75H92BF2N5O4/c1-8-13-18-19-20-21-22-23-24-25-52-82-67-46-36-59(74(86)87)53-65(67)75(6,7)69(82)54-64-72(84)71(73(64)85)58-34-32-57(33-35-58)70(66-45-38-60(79-66)37-26-55-27-39-61(40-28-55)80(48-14-9-2)49-15-10-3)68-47-44-63(83(68)76(77)78)43-31-56-29-41-62(42-30-56)81(50-16-11-4)51-17-12-5/h26-47,53-54H,8-25,48-52H2,1-7H3,(H-,79,84,85,86,87)/p+1/b43-31+. The van der Waals surface area contributed by atoms with Crippen LogP contribution in [0.5, 0.6) is 0 Å². The molecule has 12 heteroatoms. The zero-order valence-corrected chi connectivity index (χ0v) is 52.9. The van der Waals surface area contributed by atoms with E-state index in [0.717, 1.165) is 135 Å². The number of aliphatic hydroxyl groups is 1. The molecule has 0 amide bonds. The number of anilines is 2. The molecule has 3 aliphatic rings. The van der Waals surface area contributed by atoms with Gasteiger partial charge in [-0.3, -0.25) is 13.4 Å². The van der Waals surface area contributed by atoms with E-state index in [9.17, 15) is 19.8 Å². The van der Waals surface area contributed by atoms with Crippen LogP contribution in [0.2, 0.25) is 0 Å². The molecule has 87 heavy (non-hydrogen) atoms. The van der Waals surface area contributed by atoms with Gasteiger partial charge in [0.1, 0.15) is 12.3 Å². The number of carbonyl (C=O) groups excluding carboxylic acids is 1. The zero-order valence-electron chi connectivity index (χ0n) is 52.9. The number of halogens is 2. The Labute approximate surface area is 518 Å². The number of ketones is 1. The van der Waals surface area contributed by atoms with Crippen LogP contribution in [0.15, 0.2) is 149 Å². The van der Waals surface area contributed by atoms with Crippen molar-refractivity contribution in [2.75, 3.05) is 42.5 Å². The van der Waals surface area contributed by atoms with Crippen LogP contribution in [-0.2, 0) is 10.2 Å². The lowest BCUT2D eigenvalue weighted by Gasteiger charge is -2.24. The summed E-state index contributed by atoms with van der Waals surface area (Å²) in [5, 5.41) is 21.8. The van der Waals surface area contributed by atoms with Crippen LogP contribution >= 0.6 is 0 Å². The molecule has 3 heterocycles. The van der Waals surface area contributed by atoms with Gasteiger partial charge < -0.3 is 24.5 Å². The summed E-state index contributed by atoms with van der Waals surface area (Å²) < 4.78 is 34.7. The summed E-state index contributed by atoms with van der Waals surface area (Å²) in [6, 6.07) is 32.7. The molecular weight excluding hydrogens is 1080 g/mol. The molecule has 2 N–H and O–H groups in total. The number of allylic oxidation sites excluding steroid dienone is 6. The van der Waals surface area contributed by atoms with Crippen molar-refractivity contribution in [2.45, 2.75) is 169 Å². The van der Waals surface area contributed by atoms with Gasteiger partial charge in [-0.05, 0) is 141 Å². The zero-order chi connectivity index (χ0) is 61.9. The van der Waals surface area contributed by atoms with E-state index in [1.54, 1.807) is 60.7 Å². The van der Waals surface area contributed by atoms with E-state index in [4.69, 9.17) is 4.99 Å².